The molecule has 1 aromatic carbocycles. The highest BCUT2D eigenvalue weighted by Crippen LogP contribution is 2.37. The Kier molecular flexibility index (Phi) is 5.51. The van der Waals surface area contributed by atoms with Gasteiger partial charge in [-0.25, -0.2) is 4.98 Å². The molecular weight excluding hydrogens is 401 g/mol. The number of hydrogen-bond acceptors (Lipinski definition) is 5. The molecule has 2 heterocycles. The number of halogens is 3. The van der Waals surface area contributed by atoms with Gasteiger partial charge >= 0.3 is 6.18 Å². The van der Waals surface area contributed by atoms with Gasteiger partial charge in [0.25, 0.3) is 11.6 Å². The summed E-state index contributed by atoms with van der Waals surface area (Å²) in [5.74, 6) is -1.31. The van der Waals surface area contributed by atoms with Crippen LogP contribution in [0.15, 0.2) is 28.8 Å². The van der Waals surface area contributed by atoms with Crippen LogP contribution in [0.3, 0.4) is 0 Å². The van der Waals surface area contributed by atoms with Crippen LogP contribution in [0.5, 0.6) is 0 Å². The van der Waals surface area contributed by atoms with E-state index in [1.807, 2.05) is 13.8 Å². The predicted octanol–water partition coefficient (Wildman–Crippen LogP) is 4.88. The number of alkyl halides is 3. The Morgan fingerprint density at radius 2 is 1.83 bits per heavy atom. The molecule has 30 heavy (non-hydrogen) atoms. The van der Waals surface area contributed by atoms with Crippen molar-refractivity contribution in [3.05, 3.63) is 46.8 Å². The number of carbonyl (C=O) groups is 2. The van der Waals surface area contributed by atoms with Crippen LogP contribution >= 0.6 is 0 Å². The number of carbonyl (C=O) groups excluding carboxylic acids is 2. The number of aromatic nitrogens is 2. The van der Waals surface area contributed by atoms with Crippen LogP contribution in [0.25, 0.3) is 11.1 Å². The van der Waals surface area contributed by atoms with Crippen LogP contribution in [0.2, 0.25) is 0 Å². The molecule has 2 N–H and O–H groups in total. The first-order valence-corrected chi connectivity index (χ1v) is 9.04. The summed E-state index contributed by atoms with van der Waals surface area (Å²) >= 11 is 0. The number of rotatable bonds is 4. The highest BCUT2D eigenvalue weighted by Gasteiger charge is 2.34. The van der Waals surface area contributed by atoms with Crippen molar-refractivity contribution in [3.63, 3.8) is 0 Å². The summed E-state index contributed by atoms with van der Waals surface area (Å²) in [4.78, 5) is 28.4. The molecule has 10 heteroatoms. The predicted molar refractivity (Wildman–Crippen MR) is 104 cm³/mol. The third-order valence-corrected chi connectivity index (χ3v) is 4.37. The number of hydrogen-bond donors (Lipinski definition) is 2. The lowest BCUT2D eigenvalue weighted by atomic mass is 10.0. The second kappa shape index (κ2) is 7.77. The van der Waals surface area contributed by atoms with Crippen molar-refractivity contribution in [2.24, 2.45) is 0 Å². The number of aryl methyl sites for hydroxylation is 1. The Hall–Kier alpha value is -3.43. The number of fused-ring (bicyclic) bond motifs is 1. The number of nitrogens with one attached hydrogen (secondary N) is 2. The van der Waals surface area contributed by atoms with Crippen molar-refractivity contribution in [2.45, 2.75) is 39.8 Å². The summed E-state index contributed by atoms with van der Waals surface area (Å²) < 4.78 is 45.8. The zero-order valence-electron chi connectivity index (χ0n) is 16.6. The van der Waals surface area contributed by atoms with E-state index >= 15 is 0 Å². The van der Waals surface area contributed by atoms with Crippen molar-refractivity contribution >= 4 is 34.3 Å². The smallest absolute Gasteiger partial charge is 0.336 e. The SMILES string of the molecule is CC(=O)Nc1ccc(NC(=O)c2cc(C(C)C)nc3onc(C)c23)c(C(F)(F)F)c1. The van der Waals surface area contributed by atoms with E-state index in [0.29, 0.717) is 16.8 Å². The lowest BCUT2D eigenvalue weighted by molar-refractivity contribution is -0.137. The van der Waals surface area contributed by atoms with Gasteiger partial charge in [-0.1, -0.05) is 19.0 Å². The van der Waals surface area contributed by atoms with Crippen molar-refractivity contribution in [1.82, 2.24) is 10.1 Å². The maximum atomic E-state index is 13.6. The summed E-state index contributed by atoms with van der Waals surface area (Å²) in [6, 6.07) is 4.65. The minimum Gasteiger partial charge on any atom is -0.336 e. The standard InChI is InChI=1S/C20H19F3N4O3/c1-9(2)16-8-13(17-10(3)27-30-19(17)26-16)18(29)25-15-6-5-12(24-11(4)28)7-14(15)20(21,22)23/h5-9H,1-4H3,(H,24,28)(H,25,29). The van der Waals surface area contributed by atoms with Crippen molar-refractivity contribution < 1.29 is 27.3 Å². The number of anilines is 2. The molecule has 0 radical (unpaired) electrons. The van der Waals surface area contributed by atoms with Crippen molar-refractivity contribution in [3.8, 4) is 0 Å². The van der Waals surface area contributed by atoms with Crippen LogP contribution in [0.4, 0.5) is 24.5 Å². The molecular formula is C20H19F3N4O3. The number of amides is 2. The van der Waals surface area contributed by atoms with E-state index in [1.54, 1.807) is 6.92 Å². The zero-order chi connectivity index (χ0) is 22.2. The van der Waals surface area contributed by atoms with Gasteiger partial charge in [0.15, 0.2) is 0 Å². The molecule has 0 unspecified atom stereocenters. The summed E-state index contributed by atoms with van der Waals surface area (Å²) in [7, 11) is 0. The van der Waals surface area contributed by atoms with E-state index in [-0.39, 0.29) is 22.9 Å². The molecule has 7 nitrogen and oxygen atoms in total. The van der Waals surface area contributed by atoms with E-state index in [9.17, 15) is 22.8 Å². The maximum absolute atomic E-state index is 13.6. The van der Waals surface area contributed by atoms with Crippen LogP contribution in [-0.4, -0.2) is 22.0 Å². The Bertz CT molecular complexity index is 1140. The van der Waals surface area contributed by atoms with Gasteiger partial charge in [-0.3, -0.25) is 9.59 Å². The third kappa shape index (κ3) is 4.27. The molecule has 0 atom stereocenters. The molecule has 0 saturated heterocycles. The first kappa shape index (κ1) is 21.3. The highest BCUT2D eigenvalue weighted by atomic mass is 19.4. The Morgan fingerprint density at radius 1 is 1.13 bits per heavy atom. The number of benzene rings is 1. The van der Waals surface area contributed by atoms with Gasteiger partial charge in [0.05, 0.1) is 27.9 Å². The molecule has 2 amide bonds. The average molecular weight is 420 g/mol. The fraction of sp³-hybridized carbons (Fsp3) is 0.300. The van der Waals surface area contributed by atoms with E-state index in [1.165, 1.54) is 19.1 Å². The lowest BCUT2D eigenvalue weighted by Gasteiger charge is -2.16. The fourth-order valence-corrected chi connectivity index (χ4v) is 2.95. The van der Waals surface area contributed by atoms with Gasteiger partial charge in [0.2, 0.25) is 5.91 Å². The maximum Gasteiger partial charge on any atom is 0.418 e. The topological polar surface area (TPSA) is 97.1 Å². The molecule has 158 valence electrons. The van der Waals surface area contributed by atoms with Gasteiger partial charge in [0, 0.05) is 18.3 Å². The second-order valence-electron chi connectivity index (χ2n) is 7.09. The normalized spacial score (nSPS) is 11.7. The number of pyridine rings is 1. The van der Waals surface area contributed by atoms with Gasteiger partial charge in [-0.2, -0.15) is 13.2 Å². The molecule has 0 bridgehead atoms. The van der Waals surface area contributed by atoms with Crippen molar-refractivity contribution in [1.29, 1.82) is 0 Å². The first-order valence-electron chi connectivity index (χ1n) is 9.04. The van der Waals surface area contributed by atoms with Gasteiger partial charge in [-0.15, -0.1) is 0 Å². The largest absolute Gasteiger partial charge is 0.418 e. The minimum absolute atomic E-state index is 0.0314. The molecule has 0 fully saturated rings. The summed E-state index contributed by atoms with van der Waals surface area (Å²) in [5.41, 5.74) is -0.361. The molecule has 0 spiro atoms. The molecule has 0 aliphatic heterocycles. The summed E-state index contributed by atoms with van der Waals surface area (Å²) in [6.45, 7) is 6.52. The van der Waals surface area contributed by atoms with Crippen LogP contribution < -0.4 is 10.6 Å². The number of nitrogens with zero attached hydrogens (tertiary/aromatic N) is 2. The zero-order valence-corrected chi connectivity index (χ0v) is 16.6. The third-order valence-electron chi connectivity index (χ3n) is 4.37. The summed E-state index contributed by atoms with van der Waals surface area (Å²) in [6.07, 6.45) is -4.75. The second-order valence-corrected chi connectivity index (χ2v) is 7.09. The molecule has 2 aromatic heterocycles. The monoisotopic (exact) mass is 420 g/mol. The highest BCUT2D eigenvalue weighted by molar-refractivity contribution is 6.12. The Labute approximate surface area is 169 Å². The molecule has 0 aliphatic rings. The van der Waals surface area contributed by atoms with Gasteiger partial charge in [-0.05, 0) is 37.1 Å². The van der Waals surface area contributed by atoms with E-state index in [2.05, 4.69) is 20.8 Å². The van der Waals surface area contributed by atoms with Gasteiger partial charge in [0.1, 0.15) is 0 Å². The Balaban J connectivity index is 2.06. The molecule has 3 rings (SSSR count). The van der Waals surface area contributed by atoms with Crippen LogP contribution in [0.1, 0.15) is 54.0 Å². The van der Waals surface area contributed by atoms with Crippen LogP contribution in [0, 0.1) is 6.92 Å². The van der Waals surface area contributed by atoms with E-state index < -0.39 is 29.2 Å². The van der Waals surface area contributed by atoms with E-state index in [4.69, 9.17) is 4.52 Å². The quantitative estimate of drug-likeness (QED) is 0.627. The average Bonchev–Trinajstić information content (AvgIpc) is 3.02. The van der Waals surface area contributed by atoms with Gasteiger partial charge < -0.3 is 15.2 Å². The van der Waals surface area contributed by atoms with Crippen molar-refractivity contribution in [2.75, 3.05) is 10.6 Å². The molecule has 3 aromatic rings. The lowest BCUT2D eigenvalue weighted by Crippen LogP contribution is -2.18. The molecule has 0 saturated carbocycles. The first-order chi connectivity index (χ1) is 14.0. The fourth-order valence-electron chi connectivity index (χ4n) is 2.95. The summed E-state index contributed by atoms with van der Waals surface area (Å²) in [5, 5.41) is 8.76. The van der Waals surface area contributed by atoms with E-state index in [0.717, 1.165) is 12.1 Å². The molecule has 0 aliphatic carbocycles. The van der Waals surface area contributed by atoms with Crippen LogP contribution in [-0.2, 0) is 11.0 Å². The Morgan fingerprint density at radius 3 is 2.43 bits per heavy atom. The minimum atomic E-state index is -4.75.